The molecule has 116 valence electrons. The summed E-state index contributed by atoms with van der Waals surface area (Å²) in [6.07, 6.45) is 2.35. The van der Waals surface area contributed by atoms with E-state index in [0.29, 0.717) is 24.6 Å². The van der Waals surface area contributed by atoms with Crippen molar-refractivity contribution in [1.29, 1.82) is 0 Å². The van der Waals surface area contributed by atoms with Gasteiger partial charge in [-0.15, -0.1) is 0 Å². The fourth-order valence-corrected chi connectivity index (χ4v) is 3.66. The van der Waals surface area contributed by atoms with Crippen LogP contribution in [0, 0.1) is 19.8 Å². The molecule has 4 nitrogen and oxygen atoms in total. The van der Waals surface area contributed by atoms with Gasteiger partial charge in [-0.05, 0) is 49.9 Å². The molecular weight excluding hydrogens is 262 g/mol. The van der Waals surface area contributed by atoms with Gasteiger partial charge in [-0.2, -0.15) is 0 Å². The van der Waals surface area contributed by atoms with Gasteiger partial charge >= 0.3 is 0 Å². The number of hydrogen-bond acceptors (Lipinski definition) is 4. The lowest BCUT2D eigenvalue weighted by molar-refractivity contribution is 0.141. The molecule has 2 heterocycles. The van der Waals surface area contributed by atoms with Crippen LogP contribution in [0.2, 0.25) is 0 Å². The topological polar surface area (TPSA) is 47.5 Å². The summed E-state index contributed by atoms with van der Waals surface area (Å²) in [5, 5.41) is 9.49. The third kappa shape index (κ3) is 3.14. The van der Waals surface area contributed by atoms with E-state index in [2.05, 4.69) is 47.8 Å². The second-order valence-corrected chi connectivity index (χ2v) is 6.58. The molecule has 0 amide bonds. The van der Waals surface area contributed by atoms with Crippen molar-refractivity contribution in [2.75, 3.05) is 26.2 Å². The molecule has 1 aromatic rings. The number of nitrogens with one attached hydrogen (secondary N) is 2. The highest BCUT2D eigenvalue weighted by Gasteiger charge is 2.33. The molecule has 0 saturated carbocycles. The van der Waals surface area contributed by atoms with Crippen LogP contribution in [0.3, 0.4) is 0 Å². The van der Waals surface area contributed by atoms with Crippen molar-refractivity contribution in [3.05, 3.63) is 34.9 Å². The van der Waals surface area contributed by atoms with Gasteiger partial charge in [0.15, 0.2) is 0 Å². The fraction of sp³-hybridized carbons (Fsp3) is 0.647. The molecule has 1 aromatic carbocycles. The Morgan fingerprint density at radius 1 is 1.29 bits per heavy atom. The second-order valence-electron chi connectivity index (χ2n) is 6.58. The number of aryl methyl sites for hydroxylation is 2. The summed E-state index contributed by atoms with van der Waals surface area (Å²) in [6, 6.07) is 7.50. The van der Waals surface area contributed by atoms with Crippen LogP contribution in [0.5, 0.6) is 0 Å². The Balaban J connectivity index is 1.71. The van der Waals surface area contributed by atoms with Crippen LogP contribution < -0.4 is 10.9 Å². The SMILES string of the molecule is Cc1ccc(C2NNCC2CN2CCC[C@H]2CO)cc1C. The standard InChI is InChI=1S/C17H27N3O/c1-12-5-6-14(8-13(12)2)17-15(9-18-19-17)10-20-7-3-4-16(20)11-21/h5-6,8,15-19,21H,3-4,7,9-11H2,1-2H3/t15?,16-,17?/m0/s1. The Kier molecular flexibility index (Phi) is 4.60. The molecule has 3 N–H and O–H groups in total. The van der Waals surface area contributed by atoms with Crippen molar-refractivity contribution < 1.29 is 5.11 Å². The van der Waals surface area contributed by atoms with Gasteiger partial charge < -0.3 is 5.11 Å². The Labute approximate surface area is 127 Å². The summed E-state index contributed by atoms with van der Waals surface area (Å²) in [5.74, 6) is 0.555. The van der Waals surface area contributed by atoms with E-state index in [1.165, 1.54) is 23.1 Å². The summed E-state index contributed by atoms with van der Waals surface area (Å²) < 4.78 is 0. The van der Waals surface area contributed by atoms with Crippen molar-refractivity contribution in [3.8, 4) is 0 Å². The predicted molar refractivity (Wildman–Crippen MR) is 85.0 cm³/mol. The van der Waals surface area contributed by atoms with Crippen molar-refractivity contribution in [3.63, 3.8) is 0 Å². The number of nitrogens with zero attached hydrogens (tertiary/aromatic N) is 1. The Morgan fingerprint density at radius 3 is 2.90 bits per heavy atom. The molecule has 0 aliphatic carbocycles. The first kappa shape index (κ1) is 15.0. The molecule has 2 saturated heterocycles. The van der Waals surface area contributed by atoms with Crippen LogP contribution in [-0.4, -0.2) is 42.3 Å². The zero-order valence-electron chi connectivity index (χ0n) is 13.1. The predicted octanol–water partition coefficient (Wildman–Crippen LogP) is 1.53. The molecule has 0 spiro atoms. The molecule has 3 atom stereocenters. The summed E-state index contributed by atoms with van der Waals surface area (Å²) in [5.41, 5.74) is 10.8. The van der Waals surface area contributed by atoms with Gasteiger partial charge in [0.1, 0.15) is 0 Å². The van der Waals surface area contributed by atoms with E-state index < -0.39 is 0 Å². The van der Waals surface area contributed by atoms with Crippen LogP contribution in [0.15, 0.2) is 18.2 Å². The number of rotatable bonds is 4. The van der Waals surface area contributed by atoms with Crippen molar-refractivity contribution >= 4 is 0 Å². The lowest BCUT2D eigenvalue weighted by Gasteiger charge is -2.28. The van der Waals surface area contributed by atoms with E-state index in [0.717, 1.165) is 26.1 Å². The average Bonchev–Trinajstić information content (AvgIpc) is 3.11. The van der Waals surface area contributed by atoms with E-state index in [-0.39, 0.29) is 0 Å². The number of aliphatic hydroxyl groups excluding tert-OH is 1. The van der Waals surface area contributed by atoms with Gasteiger partial charge in [0, 0.05) is 25.0 Å². The second kappa shape index (κ2) is 6.44. The van der Waals surface area contributed by atoms with Crippen LogP contribution >= 0.6 is 0 Å². The fourth-order valence-electron chi connectivity index (χ4n) is 3.66. The highest BCUT2D eigenvalue weighted by molar-refractivity contribution is 5.32. The summed E-state index contributed by atoms with van der Waals surface area (Å²) in [4.78, 5) is 2.47. The van der Waals surface area contributed by atoms with Crippen LogP contribution in [0.1, 0.15) is 35.6 Å². The minimum absolute atomic E-state index is 0.294. The molecule has 2 aliphatic heterocycles. The van der Waals surface area contributed by atoms with Crippen LogP contribution in [-0.2, 0) is 0 Å². The molecule has 0 aromatic heterocycles. The monoisotopic (exact) mass is 289 g/mol. The normalized spacial score (nSPS) is 30.1. The van der Waals surface area contributed by atoms with Crippen molar-refractivity contribution in [2.24, 2.45) is 5.92 Å². The maximum atomic E-state index is 9.49. The van der Waals surface area contributed by atoms with Gasteiger partial charge in [-0.25, -0.2) is 5.43 Å². The average molecular weight is 289 g/mol. The van der Waals surface area contributed by atoms with E-state index in [9.17, 15) is 5.11 Å². The third-order valence-corrected chi connectivity index (χ3v) is 5.16. The molecule has 0 bridgehead atoms. The third-order valence-electron chi connectivity index (χ3n) is 5.16. The lowest BCUT2D eigenvalue weighted by Crippen LogP contribution is -2.38. The number of benzene rings is 1. The summed E-state index contributed by atoms with van der Waals surface area (Å²) in [7, 11) is 0. The van der Waals surface area contributed by atoms with Gasteiger partial charge in [-0.3, -0.25) is 10.3 Å². The molecular formula is C17H27N3O. The van der Waals surface area contributed by atoms with E-state index >= 15 is 0 Å². The number of hydrazine groups is 1. The zero-order chi connectivity index (χ0) is 14.8. The molecule has 4 heteroatoms. The van der Waals surface area contributed by atoms with Gasteiger partial charge in [-0.1, -0.05) is 18.2 Å². The van der Waals surface area contributed by atoms with E-state index in [1.807, 2.05) is 0 Å². The van der Waals surface area contributed by atoms with Crippen LogP contribution in [0.4, 0.5) is 0 Å². The minimum atomic E-state index is 0.294. The number of hydrogen-bond donors (Lipinski definition) is 3. The Morgan fingerprint density at radius 2 is 2.14 bits per heavy atom. The largest absolute Gasteiger partial charge is 0.395 e. The maximum Gasteiger partial charge on any atom is 0.0586 e. The first-order valence-electron chi connectivity index (χ1n) is 8.09. The van der Waals surface area contributed by atoms with Gasteiger partial charge in [0.25, 0.3) is 0 Å². The smallest absolute Gasteiger partial charge is 0.0586 e. The molecule has 0 radical (unpaired) electrons. The Bertz CT molecular complexity index is 491. The van der Waals surface area contributed by atoms with Crippen molar-refractivity contribution in [1.82, 2.24) is 15.8 Å². The molecule has 21 heavy (non-hydrogen) atoms. The zero-order valence-corrected chi connectivity index (χ0v) is 13.1. The number of aliphatic hydroxyl groups is 1. The molecule has 2 unspecified atom stereocenters. The van der Waals surface area contributed by atoms with Crippen molar-refractivity contribution in [2.45, 2.75) is 38.8 Å². The molecule has 2 fully saturated rings. The lowest BCUT2D eigenvalue weighted by atomic mass is 9.92. The highest BCUT2D eigenvalue weighted by Crippen LogP contribution is 2.29. The first-order chi connectivity index (χ1) is 10.2. The Hall–Kier alpha value is -0.940. The molecule has 3 rings (SSSR count). The van der Waals surface area contributed by atoms with Gasteiger partial charge in [0.2, 0.25) is 0 Å². The summed E-state index contributed by atoms with van der Waals surface area (Å²) >= 11 is 0. The highest BCUT2D eigenvalue weighted by atomic mass is 16.3. The van der Waals surface area contributed by atoms with E-state index in [4.69, 9.17) is 0 Å². The maximum absolute atomic E-state index is 9.49. The molecule has 2 aliphatic rings. The first-order valence-corrected chi connectivity index (χ1v) is 8.09. The quantitative estimate of drug-likeness (QED) is 0.787. The van der Waals surface area contributed by atoms with Crippen LogP contribution in [0.25, 0.3) is 0 Å². The minimum Gasteiger partial charge on any atom is -0.395 e. The van der Waals surface area contributed by atoms with E-state index in [1.54, 1.807) is 0 Å². The number of likely N-dealkylation sites (tertiary alicyclic amines) is 1. The van der Waals surface area contributed by atoms with Gasteiger partial charge in [0.05, 0.1) is 12.6 Å². The summed E-state index contributed by atoms with van der Waals surface area (Å²) in [6.45, 7) is 7.81.